The lowest BCUT2D eigenvalue weighted by Gasteiger charge is -2.15. The van der Waals surface area contributed by atoms with Gasteiger partial charge in [0.25, 0.3) is 10.8 Å². The highest BCUT2D eigenvalue weighted by molar-refractivity contribution is 7.87. The van der Waals surface area contributed by atoms with Gasteiger partial charge < -0.3 is 25.0 Å². The van der Waals surface area contributed by atoms with Crippen LogP contribution < -0.4 is 25.8 Å². The molecule has 15 heteroatoms. The maximum absolute atomic E-state index is 13.6. The van der Waals surface area contributed by atoms with Crippen molar-refractivity contribution >= 4 is 15.9 Å². The zero-order valence-corrected chi connectivity index (χ0v) is 19.5. The molecule has 0 fully saturated rings. The molecule has 0 radical (unpaired) electrons. The highest BCUT2D eigenvalue weighted by Gasteiger charge is 2.33. The molecular formula is C23H12N6O8S. The predicted molar refractivity (Wildman–Crippen MR) is 127 cm³/mol. The summed E-state index contributed by atoms with van der Waals surface area (Å²) in [6.45, 7) is 0. The van der Waals surface area contributed by atoms with Crippen molar-refractivity contribution in [1.82, 2.24) is 0 Å². The Labute approximate surface area is 211 Å². The fraction of sp³-hybridized carbons (Fsp3) is 0. The number of phenols is 2. The van der Waals surface area contributed by atoms with Gasteiger partial charge in [0.05, 0.1) is 0 Å². The molecule has 0 heterocycles. The van der Waals surface area contributed by atoms with Gasteiger partial charge >= 0.3 is 15.2 Å². The Morgan fingerprint density at radius 3 is 2.37 bits per heavy atom. The van der Waals surface area contributed by atoms with Crippen molar-refractivity contribution in [3.05, 3.63) is 114 Å². The van der Waals surface area contributed by atoms with E-state index in [1.165, 1.54) is 30.3 Å². The molecule has 0 amide bonds. The molecule has 0 unspecified atom stereocenters. The van der Waals surface area contributed by atoms with E-state index in [-0.39, 0.29) is 5.56 Å². The first-order chi connectivity index (χ1) is 18.1. The topological polar surface area (TPSA) is 223 Å². The lowest BCUT2D eigenvalue weighted by Crippen LogP contribution is -2.45. The van der Waals surface area contributed by atoms with Gasteiger partial charge in [-0.05, 0) is 5.36 Å². The van der Waals surface area contributed by atoms with Crippen molar-refractivity contribution in [2.24, 2.45) is 15.4 Å². The van der Waals surface area contributed by atoms with Gasteiger partial charge in [-0.15, -0.1) is 0 Å². The standard InChI is InChI=1S/C23H12N6O8S/c24-28-26-14-8-4-7-13-17(14)23(19(27-29-25)22(34)21(13)33)38(35,36)37-16-10-12(30)9-15(31)18(16)20(32)11-5-2-1-3-6-11/h1-10,30-31H. The van der Waals surface area contributed by atoms with Crippen molar-refractivity contribution in [2.75, 3.05) is 0 Å². The van der Waals surface area contributed by atoms with Crippen molar-refractivity contribution in [2.45, 2.75) is 4.90 Å². The third-order valence-corrected chi connectivity index (χ3v) is 6.52. The highest BCUT2D eigenvalue weighted by Crippen LogP contribution is 2.36. The predicted octanol–water partition coefficient (Wildman–Crippen LogP) is 1.30. The van der Waals surface area contributed by atoms with Crippen LogP contribution in [0.3, 0.4) is 0 Å². The zero-order chi connectivity index (χ0) is 27.6. The summed E-state index contributed by atoms with van der Waals surface area (Å²) in [6, 6.07) is 12.3. The second-order valence-corrected chi connectivity index (χ2v) is 8.97. The third-order valence-electron chi connectivity index (χ3n) is 5.23. The quantitative estimate of drug-likeness (QED) is 0.0910. The van der Waals surface area contributed by atoms with Crippen LogP contribution in [0.2, 0.25) is 0 Å². The summed E-state index contributed by atoms with van der Waals surface area (Å²) in [4.78, 5) is 37.3. The summed E-state index contributed by atoms with van der Waals surface area (Å²) >= 11 is 0. The lowest BCUT2D eigenvalue weighted by atomic mass is 10.0. The molecule has 2 aliphatic carbocycles. The molecule has 4 rings (SSSR count). The van der Waals surface area contributed by atoms with Crippen LogP contribution in [0.5, 0.6) is 17.2 Å². The number of phenolic OH excluding ortho intramolecular Hbond substituents is 2. The van der Waals surface area contributed by atoms with E-state index in [9.17, 15) is 33.0 Å². The number of nitrogens with zero attached hydrogens (tertiary/aromatic N) is 6. The Balaban J connectivity index is 2.08. The first-order valence-electron chi connectivity index (χ1n) is 10.3. The fourth-order valence-corrected chi connectivity index (χ4v) is 4.99. The average molecular weight is 532 g/mol. The van der Waals surface area contributed by atoms with Gasteiger partial charge in [-0.25, -0.2) is 0 Å². The van der Waals surface area contributed by atoms with Crippen molar-refractivity contribution < 1.29 is 27.6 Å². The largest absolute Gasteiger partial charge is 0.508 e. The zero-order valence-electron chi connectivity index (χ0n) is 18.7. The Morgan fingerprint density at radius 1 is 1.00 bits per heavy atom. The minimum absolute atomic E-state index is 0.0270. The number of hydrogen-bond donors (Lipinski definition) is 2. The minimum atomic E-state index is -5.31. The molecule has 0 saturated carbocycles. The van der Waals surface area contributed by atoms with Crippen LogP contribution in [-0.4, -0.2) is 24.4 Å². The molecule has 0 bridgehead atoms. The maximum atomic E-state index is 13.6. The molecule has 0 aliphatic heterocycles. The van der Waals surface area contributed by atoms with E-state index in [0.717, 1.165) is 24.3 Å². The summed E-state index contributed by atoms with van der Waals surface area (Å²) in [5.41, 5.74) is 4.49. The molecule has 0 atom stereocenters. The van der Waals surface area contributed by atoms with Crippen LogP contribution in [0.25, 0.3) is 21.7 Å². The number of carbonyl (C=O) groups is 1. The van der Waals surface area contributed by atoms with E-state index >= 15 is 0 Å². The molecule has 38 heavy (non-hydrogen) atoms. The van der Waals surface area contributed by atoms with Gasteiger partial charge in [0.2, 0.25) is 16.6 Å². The third kappa shape index (κ3) is 4.38. The van der Waals surface area contributed by atoms with E-state index < -0.39 is 76.3 Å². The molecule has 0 saturated heterocycles. The van der Waals surface area contributed by atoms with Crippen LogP contribution in [0.15, 0.2) is 90.6 Å². The Morgan fingerprint density at radius 2 is 1.71 bits per heavy atom. The van der Waals surface area contributed by atoms with Crippen LogP contribution in [-0.2, 0) is 10.1 Å². The molecule has 0 spiro atoms. The summed E-state index contributed by atoms with van der Waals surface area (Å²) in [6.07, 6.45) is 0. The van der Waals surface area contributed by atoms with Gasteiger partial charge in [-0.2, -0.15) is 8.42 Å². The maximum Gasteiger partial charge on any atom is 0.342 e. The molecule has 0 aromatic heterocycles. The van der Waals surface area contributed by atoms with E-state index in [2.05, 4.69) is 20.5 Å². The normalized spacial score (nSPS) is 12.3. The Kier molecular flexibility index (Phi) is 6.56. The van der Waals surface area contributed by atoms with Crippen LogP contribution in [0.4, 0.5) is 0 Å². The molecule has 2 aliphatic rings. The monoisotopic (exact) mass is 532 g/mol. The van der Waals surface area contributed by atoms with Crippen LogP contribution >= 0.6 is 0 Å². The number of benzene rings is 4. The number of aromatic hydroxyl groups is 2. The summed E-state index contributed by atoms with van der Waals surface area (Å²) < 4.78 is 32.3. The van der Waals surface area contributed by atoms with Gasteiger partial charge in [0, 0.05) is 28.8 Å². The van der Waals surface area contributed by atoms with E-state index in [1.54, 1.807) is 6.07 Å². The number of carbonyl (C=O) groups excluding carboxylic acids is 1. The molecule has 2 aromatic rings. The van der Waals surface area contributed by atoms with Gasteiger partial charge in [0.1, 0.15) is 17.1 Å². The SMILES string of the molecule is N#[N+]N=c1c(S(=O)(=O)Oc2cc(O)cc(O)c2C(=O)c2ccccc2)c2c(=NN=[N-])cccc-2c(=O)c1=O. The smallest absolute Gasteiger partial charge is 0.342 e. The Hall–Kier alpha value is -5.62. The molecule has 2 N–H and O–H groups in total. The minimum Gasteiger partial charge on any atom is -0.508 e. The number of ketones is 1. The van der Waals surface area contributed by atoms with Crippen molar-refractivity contribution in [3.63, 3.8) is 0 Å². The first kappa shape index (κ1) is 25.5. The molecule has 188 valence electrons. The van der Waals surface area contributed by atoms with E-state index in [0.29, 0.717) is 0 Å². The summed E-state index contributed by atoms with van der Waals surface area (Å²) in [7, 11) is -5.31. The first-order valence-corrected chi connectivity index (χ1v) is 11.7. The van der Waals surface area contributed by atoms with Crippen LogP contribution in [0, 0.1) is 5.39 Å². The van der Waals surface area contributed by atoms with Gasteiger partial charge in [0.15, 0.2) is 15.7 Å². The summed E-state index contributed by atoms with van der Waals surface area (Å²) in [5, 5.41) is 39.2. The molecule has 14 nitrogen and oxygen atoms in total. The second kappa shape index (κ2) is 9.79. The van der Waals surface area contributed by atoms with E-state index in [1.807, 2.05) is 0 Å². The van der Waals surface area contributed by atoms with E-state index in [4.69, 9.17) is 15.1 Å². The highest BCUT2D eigenvalue weighted by atomic mass is 32.2. The average Bonchev–Trinajstić information content (AvgIpc) is 2.87. The lowest BCUT2D eigenvalue weighted by molar-refractivity contribution is 0.103. The number of rotatable bonds is 6. The molecule has 2 aromatic carbocycles. The fourth-order valence-electron chi connectivity index (χ4n) is 3.70. The van der Waals surface area contributed by atoms with Crippen LogP contribution in [0.1, 0.15) is 15.9 Å². The number of diazo groups is 1. The number of hydrogen-bond acceptors (Lipinski definition) is 11. The number of fused-ring (bicyclic) bond motifs is 1. The van der Waals surface area contributed by atoms with Gasteiger partial charge in [-0.1, -0.05) is 48.5 Å². The Bertz CT molecular complexity index is 1980. The van der Waals surface area contributed by atoms with Crippen molar-refractivity contribution in [1.29, 1.82) is 5.39 Å². The van der Waals surface area contributed by atoms with Gasteiger partial charge in [-0.3, -0.25) is 19.6 Å². The molecular weight excluding hydrogens is 520 g/mol. The van der Waals surface area contributed by atoms with Crippen molar-refractivity contribution in [3.8, 4) is 28.4 Å². The second-order valence-electron chi connectivity index (χ2n) is 7.49. The summed E-state index contributed by atoms with van der Waals surface area (Å²) in [5.74, 6) is -3.26.